The molecule has 0 unspecified atom stereocenters. The van der Waals surface area contributed by atoms with Crippen LogP contribution in [0.2, 0.25) is 0 Å². The van der Waals surface area contributed by atoms with Crippen molar-refractivity contribution >= 4 is 23.0 Å². The largest absolute Gasteiger partial charge is 0.423 e. The molecular formula is C30H27NO2. The first-order chi connectivity index (χ1) is 16.1. The first kappa shape index (κ1) is 22.1. The van der Waals surface area contributed by atoms with Gasteiger partial charge in [0.2, 0.25) is 0 Å². The minimum Gasteiger partial charge on any atom is -0.423 e. The van der Waals surface area contributed by atoms with Crippen molar-refractivity contribution in [2.24, 2.45) is 0 Å². The van der Waals surface area contributed by atoms with Crippen LogP contribution in [0.5, 0.6) is 5.75 Å². The van der Waals surface area contributed by atoms with Crippen molar-refractivity contribution in [3.05, 3.63) is 132 Å². The number of esters is 1. The van der Waals surface area contributed by atoms with Gasteiger partial charge in [-0.3, -0.25) is 0 Å². The number of benzene rings is 4. The van der Waals surface area contributed by atoms with Crippen LogP contribution in [0.25, 0.3) is 0 Å². The molecule has 4 aromatic rings. The molecule has 4 rings (SSSR count). The third-order valence-corrected chi connectivity index (χ3v) is 5.41. The fourth-order valence-corrected chi connectivity index (χ4v) is 3.62. The number of hydrogen-bond donors (Lipinski definition) is 0. The Labute approximate surface area is 195 Å². The molecule has 0 atom stereocenters. The van der Waals surface area contributed by atoms with Gasteiger partial charge in [-0.05, 0) is 79.4 Å². The van der Waals surface area contributed by atoms with Gasteiger partial charge in [0.1, 0.15) is 5.75 Å². The standard InChI is InChI=1S/C30H27NO2/c1-23(2)30(32)33-29-21-17-25(18-22-29)14-13-24-15-19-28(20-16-24)31(26-9-5-3-6-10-26)27-11-7-4-8-12-27/h3-12,15-22H,1,13-14H2,2H3. The summed E-state index contributed by atoms with van der Waals surface area (Å²) in [6, 6.07) is 37.2. The van der Waals surface area contributed by atoms with E-state index in [9.17, 15) is 4.79 Å². The van der Waals surface area contributed by atoms with Crippen LogP contribution in [0.3, 0.4) is 0 Å². The van der Waals surface area contributed by atoms with E-state index in [-0.39, 0.29) is 0 Å². The molecule has 3 nitrogen and oxygen atoms in total. The Morgan fingerprint density at radius 1 is 0.667 bits per heavy atom. The maximum Gasteiger partial charge on any atom is 0.338 e. The number of rotatable bonds is 8. The summed E-state index contributed by atoms with van der Waals surface area (Å²) in [6.07, 6.45) is 1.84. The molecule has 0 heterocycles. The van der Waals surface area contributed by atoms with Gasteiger partial charge in [0.25, 0.3) is 0 Å². The zero-order valence-electron chi connectivity index (χ0n) is 18.8. The average Bonchev–Trinajstić information content (AvgIpc) is 2.86. The number of para-hydroxylation sites is 2. The lowest BCUT2D eigenvalue weighted by Crippen LogP contribution is -2.09. The molecule has 0 fully saturated rings. The SMILES string of the molecule is C=C(C)C(=O)Oc1ccc(CCc2ccc(N(c3ccccc3)c3ccccc3)cc2)cc1. The van der Waals surface area contributed by atoms with Gasteiger partial charge in [-0.15, -0.1) is 0 Å². The number of anilines is 3. The van der Waals surface area contributed by atoms with E-state index in [2.05, 4.69) is 84.3 Å². The fourth-order valence-electron chi connectivity index (χ4n) is 3.62. The van der Waals surface area contributed by atoms with Crippen LogP contribution in [-0.2, 0) is 17.6 Å². The zero-order chi connectivity index (χ0) is 23.0. The van der Waals surface area contributed by atoms with E-state index < -0.39 is 5.97 Å². The van der Waals surface area contributed by atoms with Crippen molar-refractivity contribution in [3.63, 3.8) is 0 Å². The van der Waals surface area contributed by atoms with E-state index in [4.69, 9.17) is 4.74 Å². The van der Waals surface area contributed by atoms with Crippen LogP contribution >= 0.6 is 0 Å². The number of aryl methyl sites for hydroxylation is 2. The number of carbonyl (C=O) groups is 1. The smallest absolute Gasteiger partial charge is 0.338 e. The molecule has 164 valence electrons. The molecule has 0 spiro atoms. The molecule has 0 amide bonds. The van der Waals surface area contributed by atoms with Crippen LogP contribution in [0.15, 0.2) is 121 Å². The Kier molecular flexibility index (Phi) is 7.01. The van der Waals surface area contributed by atoms with Gasteiger partial charge in [-0.25, -0.2) is 4.79 Å². The van der Waals surface area contributed by atoms with Crippen LogP contribution in [0.1, 0.15) is 18.1 Å². The Morgan fingerprint density at radius 2 is 1.09 bits per heavy atom. The maximum atomic E-state index is 11.6. The third kappa shape index (κ3) is 5.78. The van der Waals surface area contributed by atoms with Crippen LogP contribution < -0.4 is 9.64 Å². The van der Waals surface area contributed by atoms with Crippen molar-refractivity contribution in [2.45, 2.75) is 19.8 Å². The highest BCUT2D eigenvalue weighted by molar-refractivity contribution is 5.88. The summed E-state index contributed by atoms with van der Waals surface area (Å²) in [5.74, 6) is 0.140. The Hall–Kier alpha value is -4.11. The quantitative estimate of drug-likeness (QED) is 0.164. The van der Waals surface area contributed by atoms with Gasteiger partial charge < -0.3 is 9.64 Å². The second-order valence-electron chi connectivity index (χ2n) is 7.99. The van der Waals surface area contributed by atoms with Crippen LogP contribution in [-0.4, -0.2) is 5.97 Å². The molecule has 33 heavy (non-hydrogen) atoms. The minimum absolute atomic E-state index is 0.389. The van der Waals surface area contributed by atoms with Crippen molar-refractivity contribution in [1.29, 1.82) is 0 Å². The van der Waals surface area contributed by atoms with E-state index in [0.29, 0.717) is 11.3 Å². The zero-order valence-corrected chi connectivity index (χ0v) is 18.8. The van der Waals surface area contributed by atoms with Crippen molar-refractivity contribution in [3.8, 4) is 5.75 Å². The van der Waals surface area contributed by atoms with Gasteiger partial charge in [0.15, 0.2) is 0 Å². The molecule has 0 aliphatic rings. The van der Waals surface area contributed by atoms with Crippen molar-refractivity contribution in [1.82, 2.24) is 0 Å². The molecule has 0 aliphatic carbocycles. The summed E-state index contributed by atoms with van der Waals surface area (Å²) >= 11 is 0. The molecule has 0 saturated heterocycles. The highest BCUT2D eigenvalue weighted by atomic mass is 16.5. The van der Waals surface area contributed by atoms with Crippen LogP contribution in [0, 0.1) is 0 Å². The summed E-state index contributed by atoms with van der Waals surface area (Å²) < 4.78 is 5.26. The van der Waals surface area contributed by atoms with Gasteiger partial charge in [-0.2, -0.15) is 0 Å². The molecule has 0 aromatic heterocycles. The summed E-state index contributed by atoms with van der Waals surface area (Å²) in [6.45, 7) is 5.25. The van der Waals surface area contributed by atoms with E-state index in [1.54, 1.807) is 6.92 Å². The predicted octanol–water partition coefficient (Wildman–Crippen LogP) is 7.42. The summed E-state index contributed by atoms with van der Waals surface area (Å²) in [7, 11) is 0. The average molecular weight is 434 g/mol. The molecule has 0 aliphatic heterocycles. The highest BCUT2D eigenvalue weighted by Crippen LogP contribution is 2.34. The maximum absolute atomic E-state index is 11.6. The topological polar surface area (TPSA) is 29.5 Å². The summed E-state index contributed by atoms with van der Waals surface area (Å²) in [4.78, 5) is 13.9. The summed E-state index contributed by atoms with van der Waals surface area (Å²) in [5, 5.41) is 0. The number of nitrogens with zero attached hydrogens (tertiary/aromatic N) is 1. The normalized spacial score (nSPS) is 10.5. The predicted molar refractivity (Wildman–Crippen MR) is 135 cm³/mol. The molecule has 0 N–H and O–H groups in total. The molecule has 0 saturated carbocycles. The first-order valence-electron chi connectivity index (χ1n) is 11.1. The Morgan fingerprint density at radius 3 is 1.55 bits per heavy atom. The molecule has 0 radical (unpaired) electrons. The third-order valence-electron chi connectivity index (χ3n) is 5.41. The van der Waals surface area contributed by atoms with Crippen molar-refractivity contribution < 1.29 is 9.53 Å². The monoisotopic (exact) mass is 433 g/mol. The molecular weight excluding hydrogens is 406 g/mol. The first-order valence-corrected chi connectivity index (χ1v) is 11.1. The number of carbonyl (C=O) groups excluding carboxylic acids is 1. The van der Waals surface area contributed by atoms with E-state index in [0.717, 1.165) is 29.9 Å². The van der Waals surface area contributed by atoms with E-state index in [1.165, 1.54) is 11.1 Å². The Balaban J connectivity index is 1.44. The lowest BCUT2D eigenvalue weighted by Gasteiger charge is -2.25. The highest BCUT2D eigenvalue weighted by Gasteiger charge is 2.11. The lowest BCUT2D eigenvalue weighted by atomic mass is 10.0. The molecule has 4 aromatic carbocycles. The molecule has 3 heteroatoms. The van der Waals surface area contributed by atoms with Gasteiger partial charge in [-0.1, -0.05) is 67.2 Å². The van der Waals surface area contributed by atoms with Gasteiger partial charge >= 0.3 is 5.97 Å². The number of hydrogen-bond acceptors (Lipinski definition) is 3. The van der Waals surface area contributed by atoms with Gasteiger partial charge in [0.05, 0.1) is 0 Å². The van der Waals surface area contributed by atoms with E-state index in [1.807, 2.05) is 36.4 Å². The number of ether oxygens (including phenoxy) is 1. The molecule has 0 bridgehead atoms. The lowest BCUT2D eigenvalue weighted by molar-refractivity contribution is -0.130. The Bertz CT molecular complexity index is 1160. The minimum atomic E-state index is -0.400. The van der Waals surface area contributed by atoms with E-state index >= 15 is 0 Å². The second kappa shape index (κ2) is 10.5. The van der Waals surface area contributed by atoms with Crippen molar-refractivity contribution in [2.75, 3.05) is 4.90 Å². The second-order valence-corrected chi connectivity index (χ2v) is 7.99. The van der Waals surface area contributed by atoms with Gasteiger partial charge in [0, 0.05) is 22.6 Å². The fraction of sp³-hybridized carbons (Fsp3) is 0.100. The van der Waals surface area contributed by atoms with Crippen LogP contribution in [0.4, 0.5) is 17.1 Å². The summed E-state index contributed by atoms with van der Waals surface area (Å²) in [5.41, 5.74) is 6.25.